The zero-order valence-electron chi connectivity index (χ0n) is 11.2. The average molecular weight is 282 g/mol. The monoisotopic (exact) mass is 282 g/mol. The van der Waals surface area contributed by atoms with E-state index in [0.717, 1.165) is 0 Å². The minimum Gasteiger partial charge on any atom is -0.391 e. The Morgan fingerprint density at radius 3 is 2.85 bits per heavy atom. The van der Waals surface area contributed by atoms with Crippen LogP contribution in [0.25, 0.3) is 0 Å². The molecule has 0 aliphatic rings. The number of benzene rings is 1. The first-order valence-corrected chi connectivity index (χ1v) is 6.20. The third-order valence-electron chi connectivity index (χ3n) is 2.70. The number of nitrogens with zero attached hydrogens (tertiary/aromatic N) is 1. The summed E-state index contributed by atoms with van der Waals surface area (Å²) in [6.45, 7) is 0.504. The van der Waals surface area contributed by atoms with E-state index in [1.807, 2.05) is 0 Å². The van der Waals surface area contributed by atoms with E-state index in [1.54, 1.807) is 18.2 Å². The molecular weight excluding hydrogens is 264 g/mol. The number of amides is 1. The number of methoxy groups -OCH3 is 1. The van der Waals surface area contributed by atoms with Gasteiger partial charge in [-0.1, -0.05) is 18.2 Å². The standard InChI is InChI=1S/C13H18N2O5/c1-20-9-11(16)6-7-14-13(17)8-10-4-2-3-5-12(10)15(18)19/h2-5,11,16H,6-9H2,1H3,(H,14,17). The van der Waals surface area contributed by atoms with Crippen LogP contribution in [0.1, 0.15) is 12.0 Å². The van der Waals surface area contributed by atoms with Gasteiger partial charge in [0.25, 0.3) is 5.69 Å². The molecule has 1 atom stereocenters. The lowest BCUT2D eigenvalue weighted by atomic mass is 10.1. The van der Waals surface area contributed by atoms with E-state index in [0.29, 0.717) is 18.5 Å². The summed E-state index contributed by atoms with van der Waals surface area (Å²) in [7, 11) is 1.48. The van der Waals surface area contributed by atoms with Crippen LogP contribution in [0.4, 0.5) is 5.69 Å². The molecule has 1 unspecified atom stereocenters. The van der Waals surface area contributed by atoms with Crippen LogP contribution in [0.5, 0.6) is 0 Å². The lowest BCUT2D eigenvalue weighted by Gasteiger charge is -2.10. The highest BCUT2D eigenvalue weighted by atomic mass is 16.6. The van der Waals surface area contributed by atoms with Gasteiger partial charge in [-0.15, -0.1) is 0 Å². The van der Waals surface area contributed by atoms with Crippen molar-refractivity contribution in [2.75, 3.05) is 20.3 Å². The fraction of sp³-hybridized carbons (Fsp3) is 0.462. The van der Waals surface area contributed by atoms with Crippen molar-refractivity contribution in [2.45, 2.75) is 18.9 Å². The molecule has 20 heavy (non-hydrogen) atoms. The van der Waals surface area contributed by atoms with Crippen LogP contribution >= 0.6 is 0 Å². The van der Waals surface area contributed by atoms with Gasteiger partial charge in [-0.05, 0) is 6.42 Å². The first-order valence-electron chi connectivity index (χ1n) is 6.20. The number of carbonyl (C=O) groups excluding carboxylic acids is 1. The van der Waals surface area contributed by atoms with Gasteiger partial charge in [-0.25, -0.2) is 0 Å². The summed E-state index contributed by atoms with van der Waals surface area (Å²) >= 11 is 0. The molecule has 7 heteroatoms. The van der Waals surface area contributed by atoms with Crippen molar-refractivity contribution in [2.24, 2.45) is 0 Å². The molecule has 110 valence electrons. The van der Waals surface area contributed by atoms with Gasteiger partial charge < -0.3 is 15.2 Å². The minimum atomic E-state index is -0.633. The number of hydrogen-bond donors (Lipinski definition) is 2. The van der Waals surface area contributed by atoms with Crippen molar-refractivity contribution in [3.8, 4) is 0 Å². The SMILES string of the molecule is COCC(O)CCNC(=O)Cc1ccccc1[N+](=O)[O-]. The molecule has 1 aromatic rings. The Morgan fingerprint density at radius 2 is 2.20 bits per heavy atom. The molecule has 0 saturated carbocycles. The summed E-state index contributed by atoms with van der Waals surface area (Å²) in [6, 6.07) is 6.13. The summed E-state index contributed by atoms with van der Waals surface area (Å²) in [4.78, 5) is 22.0. The minimum absolute atomic E-state index is 0.0580. The zero-order valence-corrected chi connectivity index (χ0v) is 11.2. The molecule has 1 amide bonds. The zero-order chi connectivity index (χ0) is 15.0. The summed E-state index contributed by atoms with van der Waals surface area (Å²) in [5.41, 5.74) is 0.300. The molecular formula is C13H18N2O5. The second-order valence-electron chi connectivity index (χ2n) is 4.31. The molecule has 0 aromatic heterocycles. The van der Waals surface area contributed by atoms with Gasteiger partial charge in [0.2, 0.25) is 5.91 Å². The predicted octanol–water partition coefficient (Wildman–Crippen LogP) is 0.651. The summed E-state index contributed by atoms with van der Waals surface area (Å²) < 4.78 is 4.76. The topological polar surface area (TPSA) is 102 Å². The fourth-order valence-corrected chi connectivity index (χ4v) is 1.73. The molecule has 0 spiro atoms. The smallest absolute Gasteiger partial charge is 0.273 e. The Bertz CT molecular complexity index is 464. The van der Waals surface area contributed by atoms with Crippen LogP contribution in [0, 0.1) is 10.1 Å². The molecule has 0 bridgehead atoms. The average Bonchev–Trinajstić information content (AvgIpc) is 2.39. The van der Waals surface area contributed by atoms with Gasteiger partial charge in [0.05, 0.1) is 24.1 Å². The number of rotatable bonds is 8. The van der Waals surface area contributed by atoms with Gasteiger partial charge in [0.15, 0.2) is 0 Å². The number of ether oxygens (including phenoxy) is 1. The fourth-order valence-electron chi connectivity index (χ4n) is 1.73. The first-order chi connectivity index (χ1) is 9.54. The molecule has 0 aliphatic carbocycles. The highest BCUT2D eigenvalue weighted by Gasteiger charge is 2.15. The van der Waals surface area contributed by atoms with Crippen molar-refractivity contribution >= 4 is 11.6 Å². The maximum atomic E-state index is 11.7. The van der Waals surface area contributed by atoms with Crippen LogP contribution in [-0.4, -0.2) is 42.3 Å². The summed E-state index contributed by atoms with van der Waals surface area (Å²) in [6.07, 6.45) is -0.320. The molecule has 7 nitrogen and oxygen atoms in total. The van der Waals surface area contributed by atoms with Crippen LogP contribution in [0.15, 0.2) is 24.3 Å². The first kappa shape index (κ1) is 16.1. The van der Waals surface area contributed by atoms with Crippen LogP contribution < -0.4 is 5.32 Å². The van der Waals surface area contributed by atoms with E-state index in [9.17, 15) is 20.0 Å². The Morgan fingerprint density at radius 1 is 1.50 bits per heavy atom. The van der Waals surface area contributed by atoms with Crippen molar-refractivity contribution in [1.82, 2.24) is 5.32 Å². The van der Waals surface area contributed by atoms with E-state index in [-0.39, 0.29) is 24.6 Å². The summed E-state index contributed by atoms with van der Waals surface area (Å²) in [5.74, 6) is -0.316. The normalized spacial score (nSPS) is 11.9. The van der Waals surface area contributed by atoms with Crippen molar-refractivity contribution in [3.05, 3.63) is 39.9 Å². The lowest BCUT2D eigenvalue weighted by Crippen LogP contribution is -2.29. The molecule has 2 N–H and O–H groups in total. The second-order valence-corrected chi connectivity index (χ2v) is 4.31. The Kier molecular flexibility index (Phi) is 6.61. The number of nitro groups is 1. The van der Waals surface area contributed by atoms with E-state index in [4.69, 9.17) is 4.74 Å². The number of nitro benzene ring substituents is 1. The lowest BCUT2D eigenvalue weighted by molar-refractivity contribution is -0.385. The number of nitrogens with one attached hydrogen (secondary N) is 1. The van der Waals surface area contributed by atoms with Crippen molar-refractivity contribution in [3.63, 3.8) is 0 Å². The Hall–Kier alpha value is -1.99. The van der Waals surface area contributed by atoms with E-state index in [1.165, 1.54) is 13.2 Å². The molecule has 1 rings (SSSR count). The van der Waals surface area contributed by atoms with E-state index in [2.05, 4.69) is 5.32 Å². The number of para-hydroxylation sites is 1. The third-order valence-corrected chi connectivity index (χ3v) is 2.70. The quantitative estimate of drug-likeness (QED) is 0.538. The van der Waals surface area contributed by atoms with Crippen molar-refractivity contribution in [1.29, 1.82) is 0 Å². The summed E-state index contributed by atoms with van der Waals surface area (Å²) in [5, 5.41) is 22.8. The molecule has 0 heterocycles. The van der Waals surface area contributed by atoms with Gasteiger partial charge >= 0.3 is 0 Å². The van der Waals surface area contributed by atoms with E-state index < -0.39 is 11.0 Å². The van der Waals surface area contributed by atoms with Crippen LogP contribution in [-0.2, 0) is 16.0 Å². The molecule has 0 fully saturated rings. The maximum Gasteiger partial charge on any atom is 0.273 e. The van der Waals surface area contributed by atoms with Gasteiger partial charge in [0.1, 0.15) is 0 Å². The highest BCUT2D eigenvalue weighted by Crippen LogP contribution is 2.17. The molecule has 0 aliphatic heterocycles. The van der Waals surface area contributed by atoms with Crippen LogP contribution in [0.3, 0.4) is 0 Å². The highest BCUT2D eigenvalue weighted by molar-refractivity contribution is 5.79. The molecule has 1 aromatic carbocycles. The number of carbonyl (C=O) groups is 1. The predicted molar refractivity (Wildman–Crippen MR) is 72.3 cm³/mol. The Balaban J connectivity index is 2.45. The third kappa shape index (κ3) is 5.33. The van der Waals surface area contributed by atoms with E-state index >= 15 is 0 Å². The van der Waals surface area contributed by atoms with Crippen LogP contribution in [0.2, 0.25) is 0 Å². The number of aliphatic hydroxyl groups is 1. The Labute approximate surface area is 116 Å². The van der Waals surface area contributed by atoms with Gasteiger partial charge in [-0.2, -0.15) is 0 Å². The molecule has 0 radical (unpaired) electrons. The number of aliphatic hydroxyl groups excluding tert-OH is 1. The second kappa shape index (κ2) is 8.23. The number of hydrogen-bond acceptors (Lipinski definition) is 5. The van der Waals surface area contributed by atoms with Gasteiger partial charge in [0, 0.05) is 25.3 Å². The molecule has 0 saturated heterocycles. The maximum absolute atomic E-state index is 11.7. The largest absolute Gasteiger partial charge is 0.391 e. The van der Waals surface area contributed by atoms with Gasteiger partial charge in [-0.3, -0.25) is 14.9 Å². The van der Waals surface area contributed by atoms with Crippen molar-refractivity contribution < 1.29 is 19.6 Å².